The second-order valence-electron chi connectivity index (χ2n) is 4.54. The summed E-state index contributed by atoms with van der Waals surface area (Å²) in [6.45, 7) is -0.665. The van der Waals surface area contributed by atoms with Crippen LogP contribution in [-0.4, -0.2) is 53.2 Å². The van der Waals surface area contributed by atoms with Gasteiger partial charge in [0, 0.05) is 19.2 Å². The van der Waals surface area contributed by atoms with E-state index in [-0.39, 0.29) is 18.8 Å². The van der Waals surface area contributed by atoms with Crippen LogP contribution in [0.2, 0.25) is 0 Å². The van der Waals surface area contributed by atoms with Crippen LogP contribution in [0.4, 0.5) is 11.4 Å². The van der Waals surface area contributed by atoms with Crippen molar-refractivity contribution in [3.05, 3.63) is 28.3 Å². The van der Waals surface area contributed by atoms with E-state index in [2.05, 4.69) is 5.43 Å². The highest BCUT2D eigenvalue weighted by atomic mass is 32.2. The molecule has 11 heteroatoms. The highest BCUT2D eigenvalue weighted by Gasteiger charge is 2.40. The number of sulfonamides is 1. The van der Waals surface area contributed by atoms with Crippen LogP contribution in [0.15, 0.2) is 23.1 Å². The monoisotopic (exact) mass is 318 g/mol. The molecular formula is C10H14N4O6S. The van der Waals surface area contributed by atoms with Crippen LogP contribution in [0.3, 0.4) is 0 Å². The average molecular weight is 318 g/mol. The smallest absolute Gasteiger partial charge is 0.289 e. The van der Waals surface area contributed by atoms with E-state index < -0.39 is 37.7 Å². The Bertz CT molecular complexity index is 654. The summed E-state index contributed by atoms with van der Waals surface area (Å²) in [5, 5.41) is 29.9. The van der Waals surface area contributed by atoms with Crippen LogP contribution in [0.25, 0.3) is 0 Å². The van der Waals surface area contributed by atoms with Crippen LogP contribution < -0.4 is 11.3 Å². The fourth-order valence-corrected chi connectivity index (χ4v) is 3.69. The molecule has 1 aromatic carbocycles. The lowest BCUT2D eigenvalue weighted by atomic mass is 10.3. The van der Waals surface area contributed by atoms with Gasteiger partial charge in [-0.25, -0.2) is 8.42 Å². The number of aliphatic hydroxyl groups is 2. The Morgan fingerprint density at radius 3 is 2.38 bits per heavy atom. The number of hydrogen-bond acceptors (Lipinski definition) is 8. The van der Waals surface area contributed by atoms with E-state index in [0.29, 0.717) is 0 Å². The number of aliphatic hydroxyl groups excluding tert-OH is 2. The zero-order valence-corrected chi connectivity index (χ0v) is 11.5. The Kier molecular flexibility index (Phi) is 4.11. The Morgan fingerprint density at radius 1 is 1.33 bits per heavy atom. The van der Waals surface area contributed by atoms with Gasteiger partial charge in [0.25, 0.3) is 5.69 Å². The van der Waals surface area contributed by atoms with Crippen molar-refractivity contribution in [3.8, 4) is 0 Å². The molecule has 0 aromatic heterocycles. The van der Waals surface area contributed by atoms with E-state index in [9.17, 15) is 28.7 Å². The molecule has 5 N–H and O–H groups in total. The first-order valence-electron chi connectivity index (χ1n) is 5.88. The van der Waals surface area contributed by atoms with Crippen molar-refractivity contribution >= 4 is 21.4 Å². The average Bonchev–Trinajstić information content (AvgIpc) is 2.78. The van der Waals surface area contributed by atoms with Crippen LogP contribution in [0.5, 0.6) is 0 Å². The van der Waals surface area contributed by atoms with Crippen molar-refractivity contribution in [3.63, 3.8) is 0 Å². The van der Waals surface area contributed by atoms with Gasteiger partial charge in [-0.1, -0.05) is 0 Å². The molecule has 1 saturated heterocycles. The van der Waals surface area contributed by atoms with Crippen LogP contribution in [-0.2, 0) is 10.0 Å². The Hall–Kier alpha value is -1.79. The predicted octanol–water partition coefficient (Wildman–Crippen LogP) is -1.39. The third-order valence-corrected chi connectivity index (χ3v) is 5.03. The largest absolute Gasteiger partial charge is 0.389 e. The maximum atomic E-state index is 12.4. The molecule has 1 heterocycles. The number of benzene rings is 1. The van der Waals surface area contributed by atoms with E-state index in [0.717, 1.165) is 16.4 Å². The number of nitro groups is 1. The van der Waals surface area contributed by atoms with Gasteiger partial charge in [-0.05, 0) is 12.1 Å². The van der Waals surface area contributed by atoms with Crippen molar-refractivity contribution in [2.45, 2.75) is 17.1 Å². The van der Waals surface area contributed by atoms with Crippen LogP contribution in [0.1, 0.15) is 0 Å². The van der Waals surface area contributed by atoms with Crippen molar-refractivity contribution in [1.29, 1.82) is 0 Å². The summed E-state index contributed by atoms with van der Waals surface area (Å²) in [6.07, 6.45) is -2.45. The lowest BCUT2D eigenvalue weighted by molar-refractivity contribution is -0.387. The van der Waals surface area contributed by atoms with Gasteiger partial charge in [0.2, 0.25) is 10.0 Å². The van der Waals surface area contributed by atoms with E-state index in [1.807, 2.05) is 0 Å². The van der Waals surface area contributed by atoms with Crippen LogP contribution in [0, 0.1) is 10.1 Å². The molecule has 0 radical (unpaired) electrons. The lowest BCUT2D eigenvalue weighted by Crippen LogP contribution is -2.30. The van der Waals surface area contributed by atoms with Gasteiger partial charge in [0.1, 0.15) is 0 Å². The number of hydrazine groups is 1. The van der Waals surface area contributed by atoms with Crippen molar-refractivity contribution < 1.29 is 23.6 Å². The lowest BCUT2D eigenvalue weighted by Gasteiger charge is -2.16. The number of rotatable bonds is 4. The molecule has 0 aliphatic carbocycles. The Balaban J connectivity index is 2.51. The molecule has 0 amide bonds. The van der Waals surface area contributed by atoms with Gasteiger partial charge >= 0.3 is 0 Å². The molecule has 1 aliphatic rings. The molecule has 1 aromatic rings. The van der Waals surface area contributed by atoms with Crippen molar-refractivity contribution in [1.82, 2.24) is 4.31 Å². The molecule has 1 fully saturated rings. The summed E-state index contributed by atoms with van der Waals surface area (Å²) >= 11 is 0. The maximum absolute atomic E-state index is 12.4. The molecule has 21 heavy (non-hydrogen) atoms. The number of nitrogens with zero attached hydrogens (tertiary/aromatic N) is 2. The number of β-amino-alcohol motifs (C(OH)–C–C–N with tert-alkyl or cyclic N) is 2. The fraction of sp³-hybridized carbons (Fsp3) is 0.400. The highest BCUT2D eigenvalue weighted by molar-refractivity contribution is 7.89. The predicted molar refractivity (Wildman–Crippen MR) is 71.7 cm³/mol. The third-order valence-electron chi connectivity index (χ3n) is 3.17. The number of nitro benzene ring substituents is 1. The normalized spacial score (nSPS) is 23.2. The number of nitrogen functional groups attached to an aromatic ring is 1. The van der Waals surface area contributed by atoms with E-state index in [1.54, 1.807) is 0 Å². The summed E-state index contributed by atoms with van der Waals surface area (Å²) in [7, 11) is -4.24. The zero-order chi connectivity index (χ0) is 15.8. The quantitative estimate of drug-likeness (QED) is 0.300. The molecule has 116 valence electrons. The molecule has 2 atom stereocenters. The minimum atomic E-state index is -4.24. The molecule has 0 saturated carbocycles. The second-order valence-corrected chi connectivity index (χ2v) is 6.45. The number of anilines is 1. The summed E-state index contributed by atoms with van der Waals surface area (Å²) in [5.41, 5.74) is 1.78. The summed E-state index contributed by atoms with van der Waals surface area (Å²) in [5.74, 6) is 5.18. The standard InChI is InChI=1S/C10H14N4O6S/c11-12-6-1-2-7(14(17)18)10(3-6)21(19,20)13-4-8(15)9(16)5-13/h1-3,8-9,12,15-16H,4-5,11H2. The summed E-state index contributed by atoms with van der Waals surface area (Å²) in [4.78, 5) is 9.61. The zero-order valence-electron chi connectivity index (χ0n) is 10.7. The summed E-state index contributed by atoms with van der Waals surface area (Å²) in [6, 6.07) is 3.32. The highest BCUT2D eigenvalue weighted by Crippen LogP contribution is 2.31. The number of nitrogens with two attached hydrogens (primary N) is 1. The van der Waals surface area contributed by atoms with Gasteiger partial charge in [0.15, 0.2) is 4.90 Å². The molecule has 10 nitrogen and oxygen atoms in total. The van der Waals surface area contributed by atoms with E-state index in [1.165, 1.54) is 6.07 Å². The molecular weight excluding hydrogens is 304 g/mol. The van der Waals surface area contributed by atoms with Gasteiger partial charge < -0.3 is 15.6 Å². The van der Waals surface area contributed by atoms with Crippen molar-refractivity contribution in [2.75, 3.05) is 18.5 Å². The number of nitrogens with one attached hydrogen (secondary N) is 1. The first kappa shape index (κ1) is 15.6. The second kappa shape index (κ2) is 5.54. The topological polar surface area (TPSA) is 159 Å². The first-order valence-corrected chi connectivity index (χ1v) is 7.32. The maximum Gasteiger partial charge on any atom is 0.289 e. The Morgan fingerprint density at radius 2 is 1.90 bits per heavy atom. The van der Waals surface area contributed by atoms with Crippen molar-refractivity contribution in [2.24, 2.45) is 5.84 Å². The molecule has 0 spiro atoms. The fourth-order valence-electron chi connectivity index (χ4n) is 2.03. The molecule has 1 aliphatic heterocycles. The SMILES string of the molecule is NNc1ccc([N+](=O)[O-])c(S(=O)(=O)N2CC(O)C(O)C2)c1. The van der Waals surface area contributed by atoms with Crippen LogP contribution >= 0.6 is 0 Å². The van der Waals surface area contributed by atoms with Gasteiger partial charge in [0.05, 0.1) is 22.8 Å². The minimum absolute atomic E-state index is 0.180. The van der Waals surface area contributed by atoms with E-state index >= 15 is 0 Å². The van der Waals surface area contributed by atoms with Gasteiger partial charge in [-0.3, -0.25) is 16.0 Å². The van der Waals surface area contributed by atoms with Gasteiger partial charge in [-0.2, -0.15) is 4.31 Å². The minimum Gasteiger partial charge on any atom is -0.389 e. The summed E-state index contributed by atoms with van der Waals surface area (Å²) < 4.78 is 25.7. The molecule has 0 bridgehead atoms. The first-order chi connectivity index (χ1) is 9.77. The third kappa shape index (κ3) is 2.82. The van der Waals surface area contributed by atoms with E-state index in [4.69, 9.17) is 5.84 Å². The molecule has 2 unspecified atom stereocenters. The number of hydrogen-bond donors (Lipinski definition) is 4. The Labute approximate surface area is 120 Å². The molecule has 2 rings (SSSR count). The van der Waals surface area contributed by atoms with Gasteiger partial charge in [-0.15, -0.1) is 0 Å².